The summed E-state index contributed by atoms with van der Waals surface area (Å²) >= 11 is 3.49. The molecule has 1 N–H and O–H groups in total. The Kier molecular flexibility index (Phi) is 3.47. The predicted octanol–water partition coefficient (Wildman–Crippen LogP) is 2.84. The van der Waals surface area contributed by atoms with Crippen molar-refractivity contribution < 1.29 is 9.90 Å². The third-order valence-corrected chi connectivity index (χ3v) is 3.30. The molecule has 1 aromatic carbocycles. The van der Waals surface area contributed by atoms with Gasteiger partial charge in [-0.15, -0.1) is 0 Å². The van der Waals surface area contributed by atoms with Gasteiger partial charge in [-0.25, -0.2) is 4.98 Å². The van der Waals surface area contributed by atoms with Crippen LogP contribution in [-0.4, -0.2) is 20.6 Å². The number of aliphatic carboxylic acids is 1. The summed E-state index contributed by atoms with van der Waals surface area (Å²) < 4.78 is 2.93. The third kappa shape index (κ3) is 2.34. The van der Waals surface area contributed by atoms with Gasteiger partial charge in [0.15, 0.2) is 0 Å². The summed E-state index contributed by atoms with van der Waals surface area (Å²) in [7, 11) is 0. The molecule has 17 heavy (non-hydrogen) atoms. The molecule has 90 valence electrons. The minimum Gasteiger partial charge on any atom is -0.481 e. The first-order chi connectivity index (χ1) is 8.13. The number of carbonyl (C=O) groups is 1. The second-order valence-corrected chi connectivity index (χ2v) is 4.64. The SMILES string of the molecule is CCc1nc2cccc(Br)c2n1CCC(=O)O. The first-order valence-corrected chi connectivity index (χ1v) is 6.28. The van der Waals surface area contributed by atoms with E-state index < -0.39 is 5.97 Å². The van der Waals surface area contributed by atoms with Crippen molar-refractivity contribution in [3.05, 3.63) is 28.5 Å². The molecule has 0 spiro atoms. The molecule has 5 heteroatoms. The Morgan fingerprint density at radius 2 is 2.29 bits per heavy atom. The van der Waals surface area contributed by atoms with E-state index in [1.807, 2.05) is 29.7 Å². The Morgan fingerprint density at radius 1 is 1.53 bits per heavy atom. The lowest BCUT2D eigenvalue weighted by molar-refractivity contribution is -0.137. The van der Waals surface area contributed by atoms with Crippen LogP contribution in [0.25, 0.3) is 11.0 Å². The van der Waals surface area contributed by atoms with E-state index >= 15 is 0 Å². The van der Waals surface area contributed by atoms with Crippen LogP contribution < -0.4 is 0 Å². The average Bonchev–Trinajstić information content (AvgIpc) is 2.65. The highest BCUT2D eigenvalue weighted by molar-refractivity contribution is 9.10. The van der Waals surface area contributed by atoms with Gasteiger partial charge in [-0.05, 0) is 28.1 Å². The summed E-state index contributed by atoms with van der Waals surface area (Å²) in [5, 5.41) is 8.77. The van der Waals surface area contributed by atoms with Gasteiger partial charge < -0.3 is 9.67 Å². The van der Waals surface area contributed by atoms with Gasteiger partial charge >= 0.3 is 5.97 Å². The lowest BCUT2D eigenvalue weighted by Gasteiger charge is -2.07. The van der Waals surface area contributed by atoms with E-state index in [-0.39, 0.29) is 6.42 Å². The molecule has 4 nitrogen and oxygen atoms in total. The van der Waals surface area contributed by atoms with Crippen LogP contribution in [0.4, 0.5) is 0 Å². The molecular weight excluding hydrogens is 284 g/mol. The van der Waals surface area contributed by atoms with Gasteiger partial charge in [0.2, 0.25) is 0 Å². The molecule has 0 aliphatic rings. The largest absolute Gasteiger partial charge is 0.481 e. The van der Waals surface area contributed by atoms with Crippen molar-refractivity contribution in [2.45, 2.75) is 26.3 Å². The zero-order valence-electron chi connectivity index (χ0n) is 9.48. The molecule has 0 aliphatic heterocycles. The summed E-state index contributed by atoms with van der Waals surface area (Å²) in [6.45, 7) is 2.48. The van der Waals surface area contributed by atoms with E-state index in [0.717, 1.165) is 27.8 Å². The standard InChI is InChI=1S/C12H13BrN2O2/c1-2-10-14-9-5-3-4-8(13)12(9)15(10)7-6-11(16)17/h3-5H,2,6-7H2,1H3,(H,16,17). The molecular formula is C12H13BrN2O2. The maximum Gasteiger partial charge on any atom is 0.305 e. The highest BCUT2D eigenvalue weighted by Crippen LogP contribution is 2.25. The molecule has 0 fully saturated rings. The Bertz CT molecular complexity index is 563. The number of benzene rings is 1. The molecule has 1 heterocycles. The highest BCUT2D eigenvalue weighted by atomic mass is 79.9. The monoisotopic (exact) mass is 296 g/mol. The van der Waals surface area contributed by atoms with Crippen molar-refractivity contribution in [1.82, 2.24) is 9.55 Å². The number of fused-ring (bicyclic) bond motifs is 1. The number of carboxylic acids is 1. The van der Waals surface area contributed by atoms with Crippen LogP contribution in [0.2, 0.25) is 0 Å². The van der Waals surface area contributed by atoms with E-state index in [1.54, 1.807) is 0 Å². The van der Waals surface area contributed by atoms with Gasteiger partial charge in [0.25, 0.3) is 0 Å². The molecule has 0 unspecified atom stereocenters. The molecule has 0 amide bonds. The third-order valence-electron chi connectivity index (χ3n) is 2.66. The van der Waals surface area contributed by atoms with Gasteiger partial charge in [0, 0.05) is 17.4 Å². The minimum absolute atomic E-state index is 0.111. The Hall–Kier alpha value is -1.36. The Labute approximate surface area is 107 Å². The first-order valence-electron chi connectivity index (χ1n) is 5.49. The number of hydrogen-bond donors (Lipinski definition) is 1. The van der Waals surface area contributed by atoms with Gasteiger partial charge in [-0.2, -0.15) is 0 Å². The summed E-state index contributed by atoms with van der Waals surface area (Å²) in [6.07, 6.45) is 0.903. The summed E-state index contributed by atoms with van der Waals surface area (Å²) in [5.41, 5.74) is 1.88. The number of hydrogen-bond acceptors (Lipinski definition) is 2. The fraction of sp³-hybridized carbons (Fsp3) is 0.333. The maximum atomic E-state index is 10.7. The summed E-state index contributed by atoms with van der Waals surface area (Å²) in [6, 6.07) is 5.82. The van der Waals surface area contributed by atoms with Crippen molar-refractivity contribution in [3.8, 4) is 0 Å². The smallest absolute Gasteiger partial charge is 0.305 e. The summed E-state index contributed by atoms with van der Waals surface area (Å²) in [5.74, 6) is 0.133. The normalized spacial score (nSPS) is 10.9. The van der Waals surface area contributed by atoms with Crippen molar-refractivity contribution in [3.63, 3.8) is 0 Å². The maximum absolute atomic E-state index is 10.7. The van der Waals surface area contributed by atoms with Crippen LogP contribution in [0.1, 0.15) is 19.2 Å². The molecule has 0 aliphatic carbocycles. The number of halogens is 1. The molecule has 2 aromatic rings. The van der Waals surface area contributed by atoms with E-state index in [9.17, 15) is 4.79 Å². The number of aromatic nitrogens is 2. The van der Waals surface area contributed by atoms with Gasteiger partial charge in [-0.1, -0.05) is 13.0 Å². The number of rotatable bonds is 4. The zero-order valence-corrected chi connectivity index (χ0v) is 11.1. The van der Waals surface area contributed by atoms with Gasteiger partial charge in [0.05, 0.1) is 17.5 Å². The van der Waals surface area contributed by atoms with Crippen LogP contribution in [0.3, 0.4) is 0 Å². The Morgan fingerprint density at radius 3 is 2.94 bits per heavy atom. The topological polar surface area (TPSA) is 55.1 Å². The first kappa shape index (κ1) is 12.1. The number of para-hydroxylation sites is 1. The molecule has 0 radical (unpaired) electrons. The summed E-state index contributed by atoms with van der Waals surface area (Å²) in [4.78, 5) is 15.2. The van der Waals surface area contributed by atoms with E-state index in [0.29, 0.717) is 6.54 Å². The Balaban J connectivity index is 2.53. The lowest BCUT2D eigenvalue weighted by atomic mass is 10.3. The second kappa shape index (κ2) is 4.87. The fourth-order valence-corrected chi connectivity index (χ4v) is 2.48. The fourth-order valence-electron chi connectivity index (χ4n) is 1.91. The van der Waals surface area contributed by atoms with Crippen molar-refractivity contribution >= 4 is 32.9 Å². The molecule has 2 rings (SSSR count). The van der Waals surface area contributed by atoms with Crippen molar-refractivity contribution in [1.29, 1.82) is 0 Å². The van der Waals surface area contributed by atoms with E-state index in [4.69, 9.17) is 5.11 Å². The van der Waals surface area contributed by atoms with E-state index in [2.05, 4.69) is 20.9 Å². The van der Waals surface area contributed by atoms with Gasteiger partial charge in [0.1, 0.15) is 5.82 Å². The van der Waals surface area contributed by atoms with Crippen LogP contribution in [0.5, 0.6) is 0 Å². The van der Waals surface area contributed by atoms with Crippen LogP contribution >= 0.6 is 15.9 Å². The number of aryl methyl sites for hydroxylation is 2. The van der Waals surface area contributed by atoms with Gasteiger partial charge in [-0.3, -0.25) is 4.79 Å². The average molecular weight is 297 g/mol. The highest BCUT2D eigenvalue weighted by Gasteiger charge is 2.12. The second-order valence-electron chi connectivity index (χ2n) is 3.78. The lowest BCUT2D eigenvalue weighted by Crippen LogP contribution is -2.07. The number of nitrogens with zero attached hydrogens (tertiary/aromatic N) is 2. The van der Waals surface area contributed by atoms with Crippen LogP contribution in [-0.2, 0) is 17.8 Å². The molecule has 1 aromatic heterocycles. The quantitative estimate of drug-likeness (QED) is 0.944. The number of imidazole rings is 1. The van der Waals surface area contributed by atoms with Crippen molar-refractivity contribution in [2.75, 3.05) is 0 Å². The molecule has 0 atom stereocenters. The molecule has 0 saturated carbocycles. The van der Waals surface area contributed by atoms with E-state index in [1.165, 1.54) is 0 Å². The predicted molar refractivity (Wildman–Crippen MR) is 69.1 cm³/mol. The minimum atomic E-state index is -0.791. The molecule has 0 bridgehead atoms. The van der Waals surface area contributed by atoms with Crippen LogP contribution in [0.15, 0.2) is 22.7 Å². The zero-order chi connectivity index (χ0) is 12.4. The van der Waals surface area contributed by atoms with Crippen LogP contribution in [0, 0.1) is 0 Å². The number of carboxylic acid groups (broad SMARTS) is 1. The van der Waals surface area contributed by atoms with Crippen molar-refractivity contribution in [2.24, 2.45) is 0 Å². The molecule has 0 saturated heterocycles.